The van der Waals surface area contributed by atoms with E-state index < -0.39 is 12.6 Å². The Balaban J connectivity index is 2.25. The Morgan fingerprint density at radius 1 is 1.40 bits per heavy atom. The number of pyridine rings is 1. The van der Waals surface area contributed by atoms with E-state index in [1.54, 1.807) is 31.6 Å². The van der Waals surface area contributed by atoms with Crippen molar-refractivity contribution in [1.29, 1.82) is 0 Å². The average Bonchev–Trinajstić information content (AvgIpc) is 2.78. The maximum absolute atomic E-state index is 12.3. The lowest BCUT2D eigenvalue weighted by Crippen LogP contribution is -2.23. The summed E-state index contributed by atoms with van der Waals surface area (Å²) in [7, 11) is 1.60. The van der Waals surface area contributed by atoms with Gasteiger partial charge in [0, 0.05) is 31.5 Å². The Kier molecular flexibility index (Phi) is 4.12. The molecule has 0 aromatic carbocycles. The molecule has 0 atom stereocenters. The van der Waals surface area contributed by atoms with Gasteiger partial charge in [-0.15, -0.1) is 0 Å². The molecule has 2 N–H and O–H groups in total. The number of nitrogens with zero attached hydrogens (tertiary/aromatic N) is 3. The van der Waals surface area contributed by atoms with E-state index in [0.717, 1.165) is 17.1 Å². The molecule has 0 aliphatic rings. The van der Waals surface area contributed by atoms with Crippen molar-refractivity contribution in [1.82, 2.24) is 9.36 Å². The Labute approximate surface area is 118 Å². The van der Waals surface area contributed by atoms with Gasteiger partial charge in [-0.25, -0.2) is 0 Å². The van der Waals surface area contributed by atoms with Gasteiger partial charge in [0.25, 0.3) is 0 Å². The minimum Gasteiger partial charge on any atom is -0.382 e. The highest BCUT2D eigenvalue weighted by Gasteiger charge is 2.28. The number of alkyl halides is 3. The smallest absolute Gasteiger partial charge is 0.382 e. The fourth-order valence-corrected chi connectivity index (χ4v) is 2.55. The summed E-state index contributed by atoms with van der Waals surface area (Å²) in [4.78, 5) is 5.51. The highest BCUT2D eigenvalue weighted by Crippen LogP contribution is 2.38. The number of hydrogen-bond donors (Lipinski definition) is 1. The van der Waals surface area contributed by atoms with E-state index in [-0.39, 0.29) is 6.54 Å². The number of nitrogens with two attached hydrogens (primary N) is 1. The third kappa shape index (κ3) is 3.38. The second-order valence-corrected chi connectivity index (χ2v) is 5.03. The summed E-state index contributed by atoms with van der Waals surface area (Å²) >= 11 is 1.09. The molecule has 2 rings (SSSR count). The Morgan fingerprint density at radius 2 is 2.15 bits per heavy atom. The molecule has 2 aromatic heterocycles. The van der Waals surface area contributed by atoms with Crippen molar-refractivity contribution in [3.05, 3.63) is 24.5 Å². The van der Waals surface area contributed by atoms with Gasteiger partial charge < -0.3 is 10.6 Å². The summed E-state index contributed by atoms with van der Waals surface area (Å²) in [5, 5.41) is 0.611. The zero-order valence-electron chi connectivity index (χ0n) is 10.7. The summed E-state index contributed by atoms with van der Waals surface area (Å²) < 4.78 is 40.9. The van der Waals surface area contributed by atoms with Crippen molar-refractivity contribution in [2.24, 2.45) is 0 Å². The lowest BCUT2D eigenvalue weighted by Gasteiger charge is -2.19. The van der Waals surface area contributed by atoms with Crippen molar-refractivity contribution in [2.45, 2.75) is 12.6 Å². The first-order valence-corrected chi connectivity index (χ1v) is 6.59. The van der Waals surface area contributed by atoms with Crippen molar-refractivity contribution in [3.63, 3.8) is 0 Å². The summed E-state index contributed by atoms with van der Waals surface area (Å²) in [6.07, 6.45) is -1.83. The monoisotopic (exact) mass is 302 g/mol. The van der Waals surface area contributed by atoms with E-state index in [1.165, 1.54) is 4.90 Å². The SMILES string of the molecule is CN(CCC(F)(F)F)c1snc(N)c1-c1cccnc1. The van der Waals surface area contributed by atoms with E-state index in [0.29, 0.717) is 16.4 Å². The standard InChI is InChI=1S/C12H13F3N4S/c1-19(6-4-12(13,14)15)11-9(10(16)18-20-11)8-3-2-5-17-7-8/h2-3,5,7H,4,6H2,1H3,(H2,16,18). The van der Waals surface area contributed by atoms with Crippen LogP contribution in [0.5, 0.6) is 0 Å². The average molecular weight is 302 g/mol. The maximum atomic E-state index is 12.3. The molecule has 0 fully saturated rings. The summed E-state index contributed by atoms with van der Waals surface area (Å²) in [6, 6.07) is 3.54. The van der Waals surface area contributed by atoms with Gasteiger partial charge >= 0.3 is 6.18 Å². The van der Waals surface area contributed by atoms with Crippen LogP contribution in [-0.2, 0) is 0 Å². The molecule has 2 aromatic rings. The number of halogens is 3. The first-order chi connectivity index (χ1) is 9.38. The van der Waals surface area contributed by atoms with Gasteiger partial charge in [0.05, 0.1) is 12.0 Å². The molecule has 0 aliphatic carbocycles. The van der Waals surface area contributed by atoms with Crippen LogP contribution in [-0.4, -0.2) is 29.1 Å². The van der Waals surface area contributed by atoms with Gasteiger partial charge in [0.15, 0.2) is 0 Å². The largest absolute Gasteiger partial charge is 0.390 e. The third-order valence-electron chi connectivity index (χ3n) is 2.73. The van der Waals surface area contributed by atoms with E-state index in [4.69, 9.17) is 5.73 Å². The van der Waals surface area contributed by atoms with Crippen LogP contribution in [0.2, 0.25) is 0 Å². The Morgan fingerprint density at radius 3 is 2.75 bits per heavy atom. The summed E-state index contributed by atoms with van der Waals surface area (Å²) in [5.74, 6) is 0.303. The van der Waals surface area contributed by atoms with Crippen LogP contribution in [0.15, 0.2) is 24.5 Å². The van der Waals surface area contributed by atoms with E-state index in [2.05, 4.69) is 9.36 Å². The highest BCUT2D eigenvalue weighted by atomic mass is 32.1. The van der Waals surface area contributed by atoms with Crippen LogP contribution < -0.4 is 10.6 Å². The molecule has 0 saturated heterocycles. The predicted molar refractivity (Wildman–Crippen MR) is 73.7 cm³/mol. The lowest BCUT2D eigenvalue weighted by atomic mass is 10.1. The molecule has 0 bridgehead atoms. The maximum Gasteiger partial charge on any atom is 0.390 e. The predicted octanol–water partition coefficient (Wildman–Crippen LogP) is 3.18. The molecule has 0 aliphatic heterocycles. The van der Waals surface area contributed by atoms with Crippen molar-refractivity contribution in [2.75, 3.05) is 24.2 Å². The minimum atomic E-state index is -4.18. The van der Waals surface area contributed by atoms with Gasteiger partial charge in [-0.3, -0.25) is 4.98 Å². The van der Waals surface area contributed by atoms with Crippen LogP contribution in [0.4, 0.5) is 24.0 Å². The van der Waals surface area contributed by atoms with Crippen LogP contribution in [0.25, 0.3) is 11.1 Å². The molecule has 0 unspecified atom stereocenters. The van der Waals surface area contributed by atoms with Gasteiger partial charge in [-0.2, -0.15) is 17.5 Å². The van der Waals surface area contributed by atoms with Gasteiger partial charge in [0.1, 0.15) is 10.8 Å². The van der Waals surface area contributed by atoms with Gasteiger partial charge in [-0.1, -0.05) is 6.07 Å². The first kappa shape index (κ1) is 14.6. The quantitative estimate of drug-likeness (QED) is 0.942. The van der Waals surface area contributed by atoms with Crippen LogP contribution in [0, 0.1) is 0 Å². The molecule has 4 nitrogen and oxygen atoms in total. The molecule has 2 heterocycles. The summed E-state index contributed by atoms with van der Waals surface area (Å²) in [5.41, 5.74) is 7.19. The van der Waals surface area contributed by atoms with Crippen LogP contribution >= 0.6 is 11.5 Å². The summed E-state index contributed by atoms with van der Waals surface area (Å²) in [6.45, 7) is -0.140. The van der Waals surface area contributed by atoms with E-state index in [9.17, 15) is 13.2 Å². The molecule has 0 saturated carbocycles. The minimum absolute atomic E-state index is 0.140. The molecular formula is C12H13F3N4S. The topological polar surface area (TPSA) is 55.0 Å². The third-order valence-corrected chi connectivity index (χ3v) is 3.70. The second kappa shape index (κ2) is 5.66. The van der Waals surface area contributed by atoms with E-state index in [1.807, 2.05) is 0 Å². The van der Waals surface area contributed by atoms with Crippen LogP contribution in [0.3, 0.4) is 0 Å². The fourth-order valence-electron chi connectivity index (χ4n) is 1.73. The lowest BCUT2D eigenvalue weighted by molar-refractivity contribution is -0.132. The Bertz CT molecular complexity index is 568. The van der Waals surface area contributed by atoms with E-state index >= 15 is 0 Å². The number of hydrogen-bond acceptors (Lipinski definition) is 5. The molecule has 0 radical (unpaired) electrons. The van der Waals surface area contributed by atoms with Crippen LogP contribution in [0.1, 0.15) is 6.42 Å². The zero-order chi connectivity index (χ0) is 14.8. The second-order valence-electron chi connectivity index (χ2n) is 4.28. The van der Waals surface area contributed by atoms with Gasteiger partial charge in [-0.05, 0) is 17.6 Å². The fraction of sp³-hybridized carbons (Fsp3) is 0.333. The highest BCUT2D eigenvalue weighted by molar-refractivity contribution is 7.11. The van der Waals surface area contributed by atoms with Gasteiger partial charge in [0.2, 0.25) is 0 Å². The molecular weight excluding hydrogens is 289 g/mol. The molecule has 20 heavy (non-hydrogen) atoms. The number of aromatic nitrogens is 2. The molecule has 108 valence electrons. The molecule has 0 amide bonds. The van der Waals surface area contributed by atoms with Crippen molar-refractivity contribution >= 4 is 22.4 Å². The van der Waals surface area contributed by atoms with Crippen molar-refractivity contribution < 1.29 is 13.2 Å². The number of anilines is 2. The molecule has 0 spiro atoms. The number of rotatable bonds is 4. The Hall–Kier alpha value is -1.83. The molecule has 8 heteroatoms. The van der Waals surface area contributed by atoms with Crippen molar-refractivity contribution in [3.8, 4) is 11.1 Å². The first-order valence-electron chi connectivity index (χ1n) is 5.82. The normalized spacial score (nSPS) is 11.6. The number of nitrogen functional groups attached to an aromatic ring is 1. The zero-order valence-corrected chi connectivity index (χ0v) is 11.5.